The number of hydrogen-bond acceptors (Lipinski definition) is 4. The van der Waals surface area contributed by atoms with E-state index < -0.39 is 0 Å². The van der Waals surface area contributed by atoms with Gasteiger partial charge in [0, 0.05) is 12.6 Å². The molecule has 2 amide bonds. The molecule has 1 saturated heterocycles. The molecule has 0 aliphatic carbocycles. The lowest BCUT2D eigenvalue weighted by atomic mass is 9.99. The highest BCUT2D eigenvalue weighted by molar-refractivity contribution is 7.18. The van der Waals surface area contributed by atoms with Crippen LogP contribution >= 0.6 is 11.3 Å². The fraction of sp³-hybridized carbons (Fsp3) is 0.571. The van der Waals surface area contributed by atoms with Crippen LogP contribution in [0.3, 0.4) is 0 Å². The number of benzene rings is 1. The van der Waals surface area contributed by atoms with Gasteiger partial charge in [-0.2, -0.15) is 0 Å². The summed E-state index contributed by atoms with van der Waals surface area (Å²) >= 11 is 1.77. The minimum Gasteiger partial charge on any atom is -0.350 e. The van der Waals surface area contributed by atoms with Crippen molar-refractivity contribution in [3.8, 4) is 0 Å². The summed E-state index contributed by atoms with van der Waals surface area (Å²) in [7, 11) is 1.71. The number of rotatable bonds is 5. The molecule has 1 aromatic carbocycles. The van der Waals surface area contributed by atoms with E-state index in [1.54, 1.807) is 18.4 Å². The summed E-state index contributed by atoms with van der Waals surface area (Å²) in [5, 5.41) is 4.09. The van der Waals surface area contributed by atoms with E-state index in [0.29, 0.717) is 12.5 Å². The molecule has 2 aromatic rings. The Morgan fingerprint density at radius 1 is 1.32 bits per heavy atom. The van der Waals surface area contributed by atoms with Gasteiger partial charge in [0.2, 0.25) is 5.91 Å². The van der Waals surface area contributed by atoms with Crippen molar-refractivity contribution in [2.75, 3.05) is 33.2 Å². The zero-order chi connectivity index (χ0) is 20.3. The molecule has 2 heterocycles. The number of fused-ring (bicyclic) bond motifs is 1. The third-order valence-electron chi connectivity index (χ3n) is 5.00. The van der Waals surface area contributed by atoms with Crippen molar-refractivity contribution in [1.29, 1.82) is 0 Å². The SMILES string of the molecule is CN(CC(=O)NC(C)(C)C)C(=O)C[NH+]1CCC[C@H](c2nc3ccccc3s2)C1. The first-order valence-electron chi connectivity index (χ1n) is 9.95. The van der Waals surface area contributed by atoms with Crippen LogP contribution in [0.1, 0.15) is 44.5 Å². The second kappa shape index (κ2) is 8.57. The first-order valence-corrected chi connectivity index (χ1v) is 10.8. The van der Waals surface area contributed by atoms with E-state index in [4.69, 9.17) is 4.98 Å². The molecule has 152 valence electrons. The van der Waals surface area contributed by atoms with E-state index in [-0.39, 0.29) is 23.9 Å². The first kappa shape index (κ1) is 20.7. The average molecular weight is 404 g/mol. The predicted molar refractivity (Wildman–Crippen MR) is 113 cm³/mol. The van der Waals surface area contributed by atoms with Crippen LogP contribution in [0.5, 0.6) is 0 Å². The Kier molecular flexibility index (Phi) is 6.35. The summed E-state index contributed by atoms with van der Waals surface area (Å²) in [6, 6.07) is 8.25. The lowest BCUT2D eigenvalue weighted by Gasteiger charge is -2.30. The van der Waals surface area contributed by atoms with Crippen LogP contribution in [-0.4, -0.2) is 60.5 Å². The quantitative estimate of drug-likeness (QED) is 0.794. The highest BCUT2D eigenvalue weighted by atomic mass is 32.1. The van der Waals surface area contributed by atoms with Gasteiger partial charge in [0.1, 0.15) is 5.01 Å². The van der Waals surface area contributed by atoms with Crippen LogP contribution in [0.25, 0.3) is 10.2 Å². The van der Waals surface area contributed by atoms with Gasteiger partial charge in [-0.25, -0.2) is 4.98 Å². The summed E-state index contributed by atoms with van der Waals surface area (Å²) in [5.74, 6) is 0.303. The van der Waals surface area contributed by atoms with Crippen LogP contribution in [0.15, 0.2) is 24.3 Å². The smallest absolute Gasteiger partial charge is 0.277 e. The summed E-state index contributed by atoms with van der Waals surface area (Å²) in [6.07, 6.45) is 2.22. The Morgan fingerprint density at radius 2 is 2.07 bits per heavy atom. The van der Waals surface area contributed by atoms with Crippen LogP contribution in [0, 0.1) is 0 Å². The number of carbonyl (C=O) groups is 2. The Bertz CT molecular complexity index is 809. The highest BCUT2D eigenvalue weighted by Crippen LogP contribution is 2.30. The molecular weight excluding hydrogens is 372 g/mol. The van der Waals surface area contributed by atoms with E-state index >= 15 is 0 Å². The molecule has 28 heavy (non-hydrogen) atoms. The minimum absolute atomic E-state index is 0.0176. The van der Waals surface area contributed by atoms with Crippen molar-refractivity contribution in [2.24, 2.45) is 0 Å². The summed E-state index contributed by atoms with van der Waals surface area (Å²) in [5.41, 5.74) is 0.777. The molecule has 1 unspecified atom stereocenters. The number of likely N-dealkylation sites (tertiary alicyclic amines) is 1. The number of likely N-dealkylation sites (N-methyl/N-ethyl adjacent to an activating group) is 1. The molecule has 1 aliphatic heterocycles. The molecule has 1 aliphatic rings. The topological polar surface area (TPSA) is 66.7 Å². The fourth-order valence-electron chi connectivity index (χ4n) is 3.70. The Morgan fingerprint density at radius 3 is 2.79 bits per heavy atom. The largest absolute Gasteiger partial charge is 0.350 e. The maximum Gasteiger partial charge on any atom is 0.277 e. The molecule has 1 aromatic heterocycles. The molecule has 1 fully saturated rings. The maximum atomic E-state index is 12.6. The number of carbonyl (C=O) groups excluding carboxylic acids is 2. The van der Waals surface area contributed by atoms with Gasteiger partial charge in [0.25, 0.3) is 5.91 Å². The van der Waals surface area contributed by atoms with Crippen molar-refractivity contribution in [3.63, 3.8) is 0 Å². The van der Waals surface area contributed by atoms with Crippen molar-refractivity contribution >= 4 is 33.4 Å². The van der Waals surface area contributed by atoms with Crippen LogP contribution < -0.4 is 10.2 Å². The molecule has 6 nitrogen and oxygen atoms in total. The molecule has 2 atom stereocenters. The Hall–Kier alpha value is -1.99. The summed E-state index contributed by atoms with van der Waals surface area (Å²) in [6.45, 7) is 8.26. The van der Waals surface area contributed by atoms with Crippen LogP contribution in [0.4, 0.5) is 0 Å². The van der Waals surface area contributed by atoms with Gasteiger partial charge in [-0.05, 0) is 45.7 Å². The van der Waals surface area contributed by atoms with Gasteiger partial charge in [-0.15, -0.1) is 11.3 Å². The van der Waals surface area contributed by atoms with Gasteiger partial charge in [-0.3, -0.25) is 9.59 Å². The van der Waals surface area contributed by atoms with E-state index in [0.717, 1.165) is 31.4 Å². The fourth-order valence-corrected chi connectivity index (χ4v) is 4.80. The molecule has 2 N–H and O–H groups in total. The number of nitrogens with one attached hydrogen (secondary N) is 2. The predicted octanol–water partition coefficient (Wildman–Crippen LogP) is 1.43. The lowest BCUT2D eigenvalue weighted by Crippen LogP contribution is -3.14. The van der Waals surface area contributed by atoms with Crippen molar-refractivity contribution in [1.82, 2.24) is 15.2 Å². The zero-order valence-corrected chi connectivity index (χ0v) is 18.1. The summed E-state index contributed by atoms with van der Waals surface area (Å²) < 4.78 is 1.23. The Labute approximate surface area is 170 Å². The zero-order valence-electron chi connectivity index (χ0n) is 17.2. The number of nitrogens with zero attached hydrogens (tertiary/aromatic N) is 2. The highest BCUT2D eigenvalue weighted by Gasteiger charge is 2.29. The maximum absolute atomic E-state index is 12.6. The van der Waals surface area contributed by atoms with Crippen molar-refractivity contribution in [3.05, 3.63) is 29.3 Å². The van der Waals surface area contributed by atoms with Crippen molar-refractivity contribution in [2.45, 2.75) is 45.1 Å². The number of amides is 2. The van der Waals surface area contributed by atoms with Gasteiger partial charge < -0.3 is 15.1 Å². The number of quaternary nitrogens is 1. The van der Waals surface area contributed by atoms with E-state index in [9.17, 15) is 9.59 Å². The average Bonchev–Trinajstić information content (AvgIpc) is 3.04. The molecule has 7 heteroatoms. The van der Waals surface area contributed by atoms with E-state index in [1.807, 2.05) is 32.9 Å². The standard InChI is InChI=1S/C21H30N4O2S/c1-21(2,3)23-18(26)13-24(4)19(27)14-25-11-7-8-15(12-25)20-22-16-9-5-6-10-17(16)28-20/h5-6,9-10,15H,7-8,11-14H2,1-4H3,(H,23,26)/p+1/t15-/m0/s1. The van der Waals surface area contributed by atoms with Gasteiger partial charge in [-0.1, -0.05) is 12.1 Å². The van der Waals surface area contributed by atoms with Gasteiger partial charge in [0.15, 0.2) is 6.54 Å². The van der Waals surface area contributed by atoms with Crippen LogP contribution in [-0.2, 0) is 9.59 Å². The number of piperidine rings is 1. The number of aromatic nitrogens is 1. The number of hydrogen-bond donors (Lipinski definition) is 2. The Balaban J connectivity index is 1.55. The molecule has 0 spiro atoms. The van der Waals surface area contributed by atoms with Gasteiger partial charge >= 0.3 is 0 Å². The first-order chi connectivity index (χ1) is 13.2. The van der Waals surface area contributed by atoms with Crippen molar-refractivity contribution < 1.29 is 14.5 Å². The lowest BCUT2D eigenvalue weighted by molar-refractivity contribution is -0.898. The normalized spacial score (nSPS) is 20.1. The molecule has 3 rings (SSSR count). The molecule has 0 saturated carbocycles. The second-order valence-corrected chi connectivity index (χ2v) is 9.85. The number of thiazole rings is 1. The molecule has 0 bridgehead atoms. The second-order valence-electron chi connectivity index (χ2n) is 8.79. The van der Waals surface area contributed by atoms with E-state index in [2.05, 4.69) is 17.4 Å². The number of para-hydroxylation sites is 1. The monoisotopic (exact) mass is 403 g/mol. The molecule has 0 radical (unpaired) electrons. The van der Waals surface area contributed by atoms with E-state index in [1.165, 1.54) is 19.5 Å². The molecular formula is C21H31N4O2S+. The third-order valence-corrected chi connectivity index (χ3v) is 6.20. The minimum atomic E-state index is -0.288. The summed E-state index contributed by atoms with van der Waals surface area (Å²) in [4.78, 5) is 32.3. The van der Waals surface area contributed by atoms with Gasteiger partial charge in [0.05, 0.1) is 35.8 Å². The van der Waals surface area contributed by atoms with Crippen LogP contribution in [0.2, 0.25) is 0 Å². The third kappa shape index (κ3) is 5.52.